The van der Waals surface area contributed by atoms with Crippen LogP contribution in [0.25, 0.3) is 0 Å². The van der Waals surface area contributed by atoms with Crippen molar-refractivity contribution in [3.63, 3.8) is 0 Å². The van der Waals surface area contributed by atoms with Crippen molar-refractivity contribution in [1.29, 1.82) is 0 Å². The van der Waals surface area contributed by atoms with E-state index >= 15 is 0 Å². The molecular formula is C23H43NP2. The Balaban J connectivity index is 3.43. The summed E-state index contributed by atoms with van der Waals surface area (Å²) in [6.07, 6.45) is 1.09. The van der Waals surface area contributed by atoms with Gasteiger partial charge < -0.3 is 0 Å². The molecule has 1 aromatic heterocycles. The van der Waals surface area contributed by atoms with Gasteiger partial charge in [0.25, 0.3) is 0 Å². The highest BCUT2D eigenvalue weighted by Crippen LogP contribution is 2.61. The smallest absolute Gasteiger partial charge is 0.0516 e. The second kappa shape index (κ2) is 7.44. The van der Waals surface area contributed by atoms with Crippen molar-refractivity contribution in [2.45, 2.75) is 105 Å². The summed E-state index contributed by atoms with van der Waals surface area (Å²) in [5.74, 6) is 0. The third kappa shape index (κ3) is 5.08. The molecule has 1 atom stereocenters. The molecule has 0 aliphatic rings. The van der Waals surface area contributed by atoms with Crippen molar-refractivity contribution in [2.24, 2.45) is 10.8 Å². The second-order valence-corrected chi connectivity index (χ2v) is 16.5. The van der Waals surface area contributed by atoms with Crippen LogP contribution < -0.4 is 0 Å². The summed E-state index contributed by atoms with van der Waals surface area (Å²) in [7, 11) is 2.99. The van der Waals surface area contributed by atoms with Gasteiger partial charge in [0.2, 0.25) is 0 Å². The van der Waals surface area contributed by atoms with Gasteiger partial charge in [-0.15, -0.1) is 9.24 Å². The highest BCUT2D eigenvalue weighted by atomic mass is 31.1. The first-order chi connectivity index (χ1) is 11.3. The zero-order valence-electron chi connectivity index (χ0n) is 19.4. The predicted molar refractivity (Wildman–Crippen MR) is 125 cm³/mol. The third-order valence-corrected chi connectivity index (χ3v) is 11.4. The van der Waals surface area contributed by atoms with Crippen LogP contribution in [0.5, 0.6) is 0 Å². The Kier molecular flexibility index (Phi) is 6.89. The maximum absolute atomic E-state index is 5.24. The van der Waals surface area contributed by atoms with Crippen LogP contribution in [-0.2, 0) is 11.3 Å². The van der Waals surface area contributed by atoms with Gasteiger partial charge in [-0.2, -0.15) is 0 Å². The van der Waals surface area contributed by atoms with E-state index in [0.29, 0.717) is 10.3 Å². The largest absolute Gasteiger partial charge is 0.257 e. The first-order valence-corrected chi connectivity index (χ1v) is 12.0. The number of nitrogens with zero attached hydrogens (tertiary/aromatic N) is 1. The van der Waals surface area contributed by atoms with E-state index in [1.54, 1.807) is 0 Å². The van der Waals surface area contributed by atoms with Gasteiger partial charge >= 0.3 is 0 Å². The molecule has 1 heterocycles. The maximum Gasteiger partial charge on any atom is 0.0516 e. The van der Waals surface area contributed by atoms with E-state index in [4.69, 9.17) is 4.98 Å². The number of pyridine rings is 1. The minimum atomic E-state index is -0.193. The van der Waals surface area contributed by atoms with E-state index in [1.165, 1.54) is 11.4 Å². The summed E-state index contributed by atoms with van der Waals surface area (Å²) < 4.78 is 0. The van der Waals surface area contributed by atoms with Crippen molar-refractivity contribution < 1.29 is 0 Å². The lowest BCUT2D eigenvalue weighted by Gasteiger charge is -2.51. The molecule has 150 valence electrons. The second-order valence-electron chi connectivity index (χ2n) is 11.7. The van der Waals surface area contributed by atoms with Gasteiger partial charge in [0.05, 0.1) is 5.69 Å². The summed E-state index contributed by atoms with van der Waals surface area (Å²) in [5.41, 5.74) is 2.65. The van der Waals surface area contributed by atoms with Crippen LogP contribution in [0.15, 0.2) is 18.2 Å². The molecule has 0 bridgehead atoms. The SMILES string of the molecule is CC(C)(C)P(Cc1cccc(C(P)(C(C)(C)C)C(C)(C)C)n1)C(C)(C)C. The number of aromatic nitrogens is 1. The maximum atomic E-state index is 5.24. The van der Waals surface area contributed by atoms with E-state index < -0.39 is 0 Å². The van der Waals surface area contributed by atoms with Crippen LogP contribution in [-0.4, -0.2) is 15.3 Å². The van der Waals surface area contributed by atoms with Crippen LogP contribution in [0.3, 0.4) is 0 Å². The summed E-state index contributed by atoms with van der Waals surface area (Å²) in [4.78, 5) is 5.24. The highest BCUT2D eigenvalue weighted by Gasteiger charge is 2.49. The Bertz CT molecular complexity index is 579. The molecule has 26 heavy (non-hydrogen) atoms. The normalized spacial score (nSPS) is 14.8. The van der Waals surface area contributed by atoms with Gasteiger partial charge in [-0.3, -0.25) is 4.98 Å². The predicted octanol–water partition coefficient (Wildman–Crippen LogP) is 7.82. The number of rotatable bonds is 3. The number of hydrogen-bond acceptors (Lipinski definition) is 1. The molecule has 0 amide bonds. The minimum absolute atomic E-state index is 0.0811. The summed E-state index contributed by atoms with van der Waals surface area (Å²) in [6, 6.07) is 6.67. The minimum Gasteiger partial charge on any atom is -0.257 e. The van der Waals surface area contributed by atoms with Crippen LogP contribution in [0, 0.1) is 10.8 Å². The Morgan fingerprint density at radius 2 is 1.19 bits per heavy atom. The molecule has 1 rings (SSSR count). The molecule has 0 saturated heterocycles. The van der Waals surface area contributed by atoms with Gasteiger partial charge in [0.1, 0.15) is 0 Å². The van der Waals surface area contributed by atoms with E-state index in [9.17, 15) is 0 Å². The summed E-state index contributed by atoms with van der Waals surface area (Å²) in [5, 5.41) is 0.553. The van der Waals surface area contributed by atoms with Crippen LogP contribution in [0.2, 0.25) is 0 Å². The Morgan fingerprint density at radius 3 is 1.54 bits per heavy atom. The summed E-state index contributed by atoms with van der Waals surface area (Å²) >= 11 is 0. The van der Waals surface area contributed by atoms with Crippen molar-refractivity contribution in [3.8, 4) is 0 Å². The van der Waals surface area contributed by atoms with E-state index in [-0.39, 0.29) is 23.9 Å². The fourth-order valence-corrected chi connectivity index (χ4v) is 7.95. The molecule has 0 N–H and O–H groups in total. The van der Waals surface area contributed by atoms with E-state index in [1.807, 2.05) is 0 Å². The Labute approximate surface area is 167 Å². The average Bonchev–Trinajstić information content (AvgIpc) is 2.39. The fourth-order valence-electron chi connectivity index (χ4n) is 4.32. The van der Waals surface area contributed by atoms with Gasteiger partial charge in [0, 0.05) is 17.0 Å². The topological polar surface area (TPSA) is 12.9 Å². The standard InChI is InChI=1S/C23H43NP2/c1-19(2,3)23(25,20(4,5)6)18-15-13-14-17(24-18)16-26(21(7,8)9)22(10,11)12/h13-15H,16,25H2,1-12H3. The average molecular weight is 396 g/mol. The van der Waals surface area contributed by atoms with Crippen molar-refractivity contribution in [3.05, 3.63) is 29.6 Å². The molecule has 0 fully saturated rings. The quantitative estimate of drug-likeness (QED) is 0.475. The van der Waals surface area contributed by atoms with Crippen LogP contribution in [0.4, 0.5) is 0 Å². The zero-order valence-corrected chi connectivity index (χ0v) is 21.5. The van der Waals surface area contributed by atoms with Gasteiger partial charge in [-0.1, -0.05) is 97.1 Å². The number of hydrogen-bond donors (Lipinski definition) is 0. The Morgan fingerprint density at radius 1 is 0.769 bits per heavy atom. The fraction of sp³-hybridized carbons (Fsp3) is 0.783. The van der Waals surface area contributed by atoms with Crippen molar-refractivity contribution in [2.75, 3.05) is 0 Å². The van der Waals surface area contributed by atoms with Crippen molar-refractivity contribution >= 4 is 17.2 Å². The highest BCUT2D eigenvalue weighted by molar-refractivity contribution is 7.60. The summed E-state index contributed by atoms with van der Waals surface area (Å²) in [6.45, 7) is 28.3. The molecule has 3 heteroatoms. The lowest BCUT2D eigenvalue weighted by atomic mass is 9.64. The lowest BCUT2D eigenvalue weighted by Crippen LogP contribution is -2.45. The molecule has 0 saturated carbocycles. The third-order valence-electron chi connectivity index (χ3n) is 5.52. The van der Waals surface area contributed by atoms with Crippen LogP contribution in [0.1, 0.15) is 94.5 Å². The van der Waals surface area contributed by atoms with Gasteiger partial charge in [-0.05, 0) is 33.3 Å². The monoisotopic (exact) mass is 395 g/mol. The molecule has 0 aliphatic carbocycles. The van der Waals surface area contributed by atoms with Gasteiger partial charge in [-0.25, -0.2) is 0 Å². The zero-order chi connectivity index (χ0) is 20.8. The molecular weight excluding hydrogens is 352 g/mol. The molecule has 0 radical (unpaired) electrons. The van der Waals surface area contributed by atoms with Gasteiger partial charge in [0.15, 0.2) is 0 Å². The molecule has 0 spiro atoms. The Hall–Kier alpha value is 0.01000. The first-order valence-electron chi connectivity index (χ1n) is 9.85. The molecule has 1 unspecified atom stereocenters. The molecule has 1 aromatic rings. The van der Waals surface area contributed by atoms with E-state index in [0.717, 1.165) is 6.16 Å². The molecule has 1 nitrogen and oxygen atoms in total. The van der Waals surface area contributed by atoms with Crippen LogP contribution >= 0.6 is 17.2 Å². The first kappa shape index (κ1) is 24.0. The van der Waals surface area contributed by atoms with Crippen molar-refractivity contribution in [1.82, 2.24) is 4.98 Å². The molecule has 0 aromatic carbocycles. The lowest BCUT2D eigenvalue weighted by molar-refractivity contribution is 0.135. The van der Waals surface area contributed by atoms with E-state index in [2.05, 4.69) is 111 Å². The molecule has 0 aliphatic heterocycles.